The lowest BCUT2D eigenvalue weighted by atomic mass is 9.78. The molecule has 1 saturated heterocycles. The van der Waals surface area contributed by atoms with Crippen molar-refractivity contribution in [1.82, 2.24) is 5.32 Å². The van der Waals surface area contributed by atoms with Crippen molar-refractivity contribution in [2.45, 2.75) is 70.3 Å². The Balaban J connectivity index is 1.98. The normalized spacial score (nSPS) is 33.3. The lowest BCUT2D eigenvalue weighted by Crippen LogP contribution is -2.54. The fraction of sp³-hybridized carbons (Fsp3) is 0.929. The second-order valence-electron chi connectivity index (χ2n) is 5.77. The van der Waals surface area contributed by atoms with Gasteiger partial charge in [-0.15, -0.1) is 0 Å². The van der Waals surface area contributed by atoms with E-state index in [1.165, 1.54) is 38.5 Å². The number of carbonyl (C=O) groups excluding carboxylic acids is 1. The second-order valence-corrected chi connectivity index (χ2v) is 5.77. The van der Waals surface area contributed by atoms with Gasteiger partial charge in [0.05, 0.1) is 5.54 Å². The molecule has 0 aromatic heterocycles. The van der Waals surface area contributed by atoms with Crippen LogP contribution in [0.5, 0.6) is 0 Å². The number of carbonyl (C=O) groups is 1. The van der Waals surface area contributed by atoms with E-state index in [9.17, 15) is 4.79 Å². The third kappa shape index (κ3) is 2.65. The van der Waals surface area contributed by atoms with Crippen molar-refractivity contribution in [2.24, 2.45) is 5.92 Å². The number of rotatable bonds is 2. The molecule has 16 heavy (non-hydrogen) atoms. The molecule has 1 heterocycles. The van der Waals surface area contributed by atoms with Gasteiger partial charge >= 0.3 is 0 Å². The first kappa shape index (κ1) is 12.1. The van der Waals surface area contributed by atoms with Gasteiger partial charge < -0.3 is 5.32 Å². The number of piperidine rings is 1. The van der Waals surface area contributed by atoms with Gasteiger partial charge in [0.25, 0.3) is 0 Å². The van der Waals surface area contributed by atoms with Crippen LogP contribution in [-0.2, 0) is 4.79 Å². The Morgan fingerprint density at radius 3 is 2.31 bits per heavy atom. The van der Waals surface area contributed by atoms with Gasteiger partial charge in [-0.1, -0.05) is 25.7 Å². The first-order valence-electron chi connectivity index (χ1n) is 7.02. The fourth-order valence-corrected chi connectivity index (χ4v) is 3.26. The lowest BCUT2D eigenvalue weighted by molar-refractivity contribution is -0.130. The summed E-state index contributed by atoms with van der Waals surface area (Å²) >= 11 is 0. The Labute approximate surface area is 99.2 Å². The predicted octanol–water partition coefficient (Wildman–Crippen LogP) is 3.06. The minimum atomic E-state index is -0.201. The zero-order valence-corrected chi connectivity index (χ0v) is 10.6. The van der Waals surface area contributed by atoms with Crippen LogP contribution >= 0.6 is 0 Å². The molecule has 0 amide bonds. The zero-order valence-electron chi connectivity index (χ0n) is 10.6. The minimum absolute atomic E-state index is 0.201. The maximum Gasteiger partial charge on any atom is 0.155 e. The molecule has 2 fully saturated rings. The Morgan fingerprint density at radius 2 is 1.75 bits per heavy atom. The summed E-state index contributed by atoms with van der Waals surface area (Å²) in [6.07, 6.45) is 10.9. The molecule has 1 aliphatic heterocycles. The number of hydrogen-bond donors (Lipinski definition) is 1. The molecule has 0 spiro atoms. The lowest BCUT2D eigenvalue weighted by Gasteiger charge is -2.36. The molecule has 2 nitrogen and oxygen atoms in total. The van der Waals surface area contributed by atoms with Crippen molar-refractivity contribution in [1.29, 1.82) is 0 Å². The van der Waals surface area contributed by atoms with Gasteiger partial charge in [0.1, 0.15) is 0 Å². The van der Waals surface area contributed by atoms with Crippen molar-refractivity contribution < 1.29 is 4.79 Å². The molecule has 92 valence electrons. The highest BCUT2D eigenvalue weighted by molar-refractivity contribution is 5.90. The first-order valence-corrected chi connectivity index (χ1v) is 7.02. The van der Waals surface area contributed by atoms with Gasteiger partial charge in [-0.2, -0.15) is 0 Å². The number of nitrogens with one attached hydrogen (secondary N) is 1. The average molecular weight is 223 g/mol. The minimum Gasteiger partial charge on any atom is -0.305 e. The van der Waals surface area contributed by atoms with E-state index in [2.05, 4.69) is 12.2 Å². The van der Waals surface area contributed by atoms with Crippen LogP contribution in [0.25, 0.3) is 0 Å². The molecule has 1 unspecified atom stereocenters. The second kappa shape index (κ2) is 5.31. The number of ketones is 1. The van der Waals surface area contributed by atoms with Crippen molar-refractivity contribution in [3.63, 3.8) is 0 Å². The molecule has 0 radical (unpaired) electrons. The fourth-order valence-electron chi connectivity index (χ4n) is 3.26. The summed E-state index contributed by atoms with van der Waals surface area (Å²) in [6, 6.07) is 0. The maximum atomic E-state index is 12.6. The van der Waals surface area contributed by atoms with Crippen molar-refractivity contribution in [2.75, 3.05) is 6.54 Å². The van der Waals surface area contributed by atoms with E-state index in [0.29, 0.717) is 11.7 Å². The van der Waals surface area contributed by atoms with Crippen LogP contribution in [0.2, 0.25) is 0 Å². The van der Waals surface area contributed by atoms with Crippen LogP contribution in [0.3, 0.4) is 0 Å². The van der Waals surface area contributed by atoms with E-state index in [1.54, 1.807) is 0 Å². The van der Waals surface area contributed by atoms with Crippen LogP contribution in [0.15, 0.2) is 0 Å². The summed E-state index contributed by atoms with van der Waals surface area (Å²) < 4.78 is 0. The van der Waals surface area contributed by atoms with Gasteiger partial charge in [0.15, 0.2) is 5.78 Å². The molecule has 2 aliphatic rings. The van der Waals surface area contributed by atoms with Gasteiger partial charge in [-0.25, -0.2) is 0 Å². The monoisotopic (exact) mass is 223 g/mol. The predicted molar refractivity (Wildman–Crippen MR) is 66.5 cm³/mol. The number of hydrogen-bond acceptors (Lipinski definition) is 2. The first-order chi connectivity index (χ1) is 7.72. The molecule has 2 rings (SSSR count). The smallest absolute Gasteiger partial charge is 0.155 e. The molecular formula is C14H25NO. The Hall–Kier alpha value is -0.370. The maximum absolute atomic E-state index is 12.6. The molecular weight excluding hydrogens is 198 g/mol. The summed E-state index contributed by atoms with van der Waals surface area (Å²) in [5.41, 5.74) is -0.201. The standard InChI is InChI=1S/C14H25NO/c1-14(10-6-7-11-15-14)13(16)12-8-4-2-3-5-9-12/h12,15H,2-11H2,1H3. The van der Waals surface area contributed by atoms with Crippen LogP contribution in [-0.4, -0.2) is 17.9 Å². The van der Waals surface area contributed by atoms with E-state index in [0.717, 1.165) is 25.8 Å². The van der Waals surface area contributed by atoms with Crippen LogP contribution in [0.4, 0.5) is 0 Å². The molecule has 1 atom stereocenters. The highest BCUT2D eigenvalue weighted by Gasteiger charge is 2.38. The zero-order chi connectivity index (χ0) is 11.4. The van der Waals surface area contributed by atoms with Crippen LogP contribution in [0.1, 0.15) is 64.7 Å². The summed E-state index contributed by atoms with van der Waals surface area (Å²) in [5, 5.41) is 3.46. The van der Waals surface area contributed by atoms with Crippen LogP contribution in [0, 0.1) is 5.92 Å². The Kier molecular flexibility index (Phi) is 4.01. The summed E-state index contributed by atoms with van der Waals surface area (Å²) in [5.74, 6) is 0.854. The summed E-state index contributed by atoms with van der Waals surface area (Å²) in [4.78, 5) is 12.6. The topological polar surface area (TPSA) is 29.1 Å². The van der Waals surface area contributed by atoms with Crippen molar-refractivity contribution in [3.8, 4) is 0 Å². The molecule has 1 saturated carbocycles. The molecule has 1 N–H and O–H groups in total. The van der Waals surface area contributed by atoms with E-state index >= 15 is 0 Å². The SMILES string of the molecule is CC1(C(=O)C2CCCCCC2)CCCCN1. The third-order valence-corrected chi connectivity index (χ3v) is 4.39. The molecule has 0 aromatic carbocycles. The number of Topliss-reactive ketones (excluding diaryl/α,β-unsaturated/α-hetero) is 1. The van der Waals surface area contributed by atoms with Crippen molar-refractivity contribution in [3.05, 3.63) is 0 Å². The van der Waals surface area contributed by atoms with E-state index in [4.69, 9.17) is 0 Å². The Bertz CT molecular complexity index is 235. The Morgan fingerprint density at radius 1 is 1.06 bits per heavy atom. The van der Waals surface area contributed by atoms with E-state index < -0.39 is 0 Å². The largest absolute Gasteiger partial charge is 0.305 e. The van der Waals surface area contributed by atoms with Crippen molar-refractivity contribution >= 4 is 5.78 Å². The average Bonchev–Trinajstić information content (AvgIpc) is 2.57. The summed E-state index contributed by atoms with van der Waals surface area (Å²) in [7, 11) is 0. The van der Waals surface area contributed by atoms with Gasteiger partial charge in [-0.3, -0.25) is 4.79 Å². The van der Waals surface area contributed by atoms with Crippen LogP contribution < -0.4 is 5.32 Å². The summed E-state index contributed by atoms with van der Waals surface area (Å²) in [6.45, 7) is 3.15. The molecule has 0 aromatic rings. The quantitative estimate of drug-likeness (QED) is 0.729. The molecule has 2 heteroatoms. The highest BCUT2D eigenvalue weighted by atomic mass is 16.1. The molecule has 0 bridgehead atoms. The highest BCUT2D eigenvalue weighted by Crippen LogP contribution is 2.30. The molecule has 1 aliphatic carbocycles. The third-order valence-electron chi connectivity index (χ3n) is 4.39. The van der Waals surface area contributed by atoms with E-state index in [-0.39, 0.29) is 5.54 Å². The van der Waals surface area contributed by atoms with Gasteiger partial charge in [0.2, 0.25) is 0 Å². The van der Waals surface area contributed by atoms with E-state index in [1.807, 2.05) is 0 Å². The van der Waals surface area contributed by atoms with Gasteiger partial charge in [0, 0.05) is 5.92 Å². The van der Waals surface area contributed by atoms with Gasteiger partial charge in [-0.05, 0) is 45.6 Å².